The zero-order valence-corrected chi connectivity index (χ0v) is 17.9. The van der Waals surface area contributed by atoms with E-state index in [9.17, 15) is 14.0 Å². The fourth-order valence-electron chi connectivity index (χ4n) is 3.00. The molecule has 0 fully saturated rings. The molecule has 0 aliphatic rings. The first-order valence-electron chi connectivity index (χ1n) is 9.14. The summed E-state index contributed by atoms with van der Waals surface area (Å²) in [6, 6.07) is 9.50. The number of nitrogens with zero attached hydrogens (tertiary/aromatic N) is 2. The molecular formula is C21H18FN3O3S2. The van der Waals surface area contributed by atoms with E-state index in [1.165, 1.54) is 28.0 Å². The Kier molecular flexibility index (Phi) is 5.74. The summed E-state index contributed by atoms with van der Waals surface area (Å²) in [6.45, 7) is 4.07. The number of anilines is 1. The number of benzene rings is 1. The van der Waals surface area contributed by atoms with E-state index < -0.39 is 5.82 Å². The molecule has 0 spiro atoms. The van der Waals surface area contributed by atoms with Crippen LogP contribution in [0.5, 0.6) is 0 Å². The summed E-state index contributed by atoms with van der Waals surface area (Å²) in [5, 5.41) is 3.54. The molecule has 0 saturated heterocycles. The normalized spacial score (nSPS) is 11.2. The summed E-state index contributed by atoms with van der Waals surface area (Å²) in [5.74, 6) is -0.300. The van der Waals surface area contributed by atoms with Crippen molar-refractivity contribution in [3.05, 3.63) is 75.0 Å². The fraction of sp³-hybridized carbons (Fsp3) is 0.190. The molecular weight excluding hydrogens is 425 g/mol. The zero-order chi connectivity index (χ0) is 21.3. The van der Waals surface area contributed by atoms with Crippen LogP contribution in [-0.2, 0) is 11.3 Å². The Labute approximate surface area is 179 Å². The highest BCUT2D eigenvalue weighted by Gasteiger charge is 2.19. The molecule has 4 aromatic rings. The first-order valence-corrected chi connectivity index (χ1v) is 10.9. The molecule has 1 N–H and O–H groups in total. The number of aryl methyl sites for hydroxylation is 2. The highest BCUT2D eigenvalue weighted by Crippen LogP contribution is 2.29. The van der Waals surface area contributed by atoms with E-state index in [2.05, 4.69) is 10.3 Å². The van der Waals surface area contributed by atoms with E-state index in [1.807, 2.05) is 13.8 Å². The average molecular weight is 444 g/mol. The quantitative estimate of drug-likeness (QED) is 0.349. The molecule has 0 atom stereocenters. The molecule has 3 aromatic heterocycles. The van der Waals surface area contributed by atoms with E-state index in [4.69, 9.17) is 4.42 Å². The van der Waals surface area contributed by atoms with Crippen LogP contribution in [0.2, 0.25) is 0 Å². The molecule has 4 rings (SSSR count). The summed E-state index contributed by atoms with van der Waals surface area (Å²) in [5.41, 5.74) is 0.855. The van der Waals surface area contributed by atoms with Crippen LogP contribution in [0.15, 0.2) is 57.0 Å². The van der Waals surface area contributed by atoms with Crippen LogP contribution in [0.4, 0.5) is 10.1 Å². The van der Waals surface area contributed by atoms with Gasteiger partial charge in [-0.15, -0.1) is 11.3 Å². The number of fused-ring (bicyclic) bond motifs is 1. The maximum absolute atomic E-state index is 13.8. The number of amides is 1. The monoisotopic (exact) mass is 443 g/mol. The van der Waals surface area contributed by atoms with Gasteiger partial charge in [-0.25, -0.2) is 9.37 Å². The number of carbonyl (C=O) groups is 1. The van der Waals surface area contributed by atoms with Gasteiger partial charge < -0.3 is 9.73 Å². The van der Waals surface area contributed by atoms with Crippen molar-refractivity contribution in [3.8, 4) is 0 Å². The van der Waals surface area contributed by atoms with E-state index in [1.54, 1.807) is 30.5 Å². The van der Waals surface area contributed by atoms with Crippen LogP contribution in [0, 0.1) is 19.7 Å². The topological polar surface area (TPSA) is 77.1 Å². The van der Waals surface area contributed by atoms with Gasteiger partial charge >= 0.3 is 0 Å². The predicted octanol–water partition coefficient (Wildman–Crippen LogP) is 4.59. The highest BCUT2D eigenvalue weighted by atomic mass is 32.2. The van der Waals surface area contributed by atoms with E-state index in [-0.39, 0.29) is 29.5 Å². The maximum Gasteiger partial charge on any atom is 0.263 e. The van der Waals surface area contributed by atoms with Gasteiger partial charge in [0, 0.05) is 4.88 Å². The van der Waals surface area contributed by atoms with Crippen LogP contribution in [0.1, 0.15) is 16.2 Å². The smallest absolute Gasteiger partial charge is 0.263 e. The fourth-order valence-corrected chi connectivity index (χ4v) is 4.86. The van der Waals surface area contributed by atoms with Crippen molar-refractivity contribution in [1.29, 1.82) is 0 Å². The molecule has 1 amide bonds. The maximum atomic E-state index is 13.8. The Hall–Kier alpha value is -2.91. The van der Waals surface area contributed by atoms with Crippen LogP contribution < -0.4 is 10.9 Å². The molecule has 3 heterocycles. The Morgan fingerprint density at radius 3 is 2.80 bits per heavy atom. The lowest BCUT2D eigenvalue weighted by atomic mass is 10.2. The van der Waals surface area contributed by atoms with Gasteiger partial charge in [0.1, 0.15) is 16.4 Å². The number of halogens is 1. The molecule has 0 radical (unpaired) electrons. The summed E-state index contributed by atoms with van der Waals surface area (Å²) in [6.07, 6.45) is 1.54. The molecule has 0 bridgehead atoms. The predicted molar refractivity (Wildman–Crippen MR) is 117 cm³/mol. The molecule has 0 aliphatic heterocycles. The van der Waals surface area contributed by atoms with Crippen molar-refractivity contribution in [2.45, 2.75) is 25.5 Å². The van der Waals surface area contributed by atoms with Gasteiger partial charge in [-0.1, -0.05) is 23.9 Å². The third kappa shape index (κ3) is 4.03. The second-order valence-corrected chi connectivity index (χ2v) is 8.79. The molecule has 0 unspecified atom stereocenters. The van der Waals surface area contributed by atoms with Crippen LogP contribution in [-0.4, -0.2) is 21.2 Å². The number of hydrogen-bond donors (Lipinski definition) is 1. The van der Waals surface area contributed by atoms with Gasteiger partial charge in [0.2, 0.25) is 5.91 Å². The SMILES string of the molecule is Cc1sc2nc(SCC(=O)Nc3ccccc3F)n(Cc3ccco3)c(=O)c2c1C. The van der Waals surface area contributed by atoms with Gasteiger partial charge in [-0.05, 0) is 43.7 Å². The minimum absolute atomic E-state index is 0.0201. The highest BCUT2D eigenvalue weighted by molar-refractivity contribution is 7.99. The number of para-hydroxylation sites is 1. The summed E-state index contributed by atoms with van der Waals surface area (Å²) < 4.78 is 20.7. The number of thioether (sulfide) groups is 1. The van der Waals surface area contributed by atoms with Crippen molar-refractivity contribution < 1.29 is 13.6 Å². The first kappa shape index (κ1) is 20.4. The lowest BCUT2D eigenvalue weighted by Crippen LogP contribution is -2.24. The lowest BCUT2D eigenvalue weighted by molar-refractivity contribution is -0.113. The van der Waals surface area contributed by atoms with Crippen molar-refractivity contribution >= 4 is 44.9 Å². The number of hydrogen-bond acceptors (Lipinski definition) is 6. The van der Waals surface area contributed by atoms with Crippen LogP contribution >= 0.6 is 23.1 Å². The van der Waals surface area contributed by atoms with Gasteiger partial charge in [-0.2, -0.15) is 0 Å². The zero-order valence-electron chi connectivity index (χ0n) is 16.3. The molecule has 30 heavy (non-hydrogen) atoms. The first-order chi connectivity index (χ1) is 14.4. The van der Waals surface area contributed by atoms with Crippen molar-refractivity contribution in [3.63, 3.8) is 0 Å². The van der Waals surface area contributed by atoms with Crippen LogP contribution in [0.3, 0.4) is 0 Å². The minimum atomic E-state index is -0.505. The molecule has 154 valence electrons. The molecule has 6 nitrogen and oxygen atoms in total. The van der Waals surface area contributed by atoms with E-state index in [0.717, 1.165) is 22.2 Å². The molecule has 0 saturated carbocycles. The number of rotatable bonds is 6. The van der Waals surface area contributed by atoms with Gasteiger partial charge in [0.05, 0.1) is 29.6 Å². The van der Waals surface area contributed by atoms with Crippen molar-refractivity contribution in [2.24, 2.45) is 0 Å². The van der Waals surface area contributed by atoms with Gasteiger partial charge in [0.25, 0.3) is 5.56 Å². The van der Waals surface area contributed by atoms with Gasteiger partial charge in [-0.3, -0.25) is 14.2 Å². The minimum Gasteiger partial charge on any atom is -0.467 e. The Morgan fingerprint density at radius 2 is 2.07 bits per heavy atom. The summed E-state index contributed by atoms with van der Waals surface area (Å²) in [7, 11) is 0. The third-order valence-electron chi connectivity index (χ3n) is 4.63. The largest absolute Gasteiger partial charge is 0.467 e. The standard InChI is InChI=1S/C21H18FN3O3S2/c1-12-13(2)30-19-18(12)20(27)25(10-14-6-5-9-28-14)21(24-19)29-11-17(26)23-16-8-4-3-7-15(16)22/h3-9H,10-11H2,1-2H3,(H,23,26). The summed E-state index contributed by atoms with van der Waals surface area (Å²) in [4.78, 5) is 31.9. The lowest BCUT2D eigenvalue weighted by Gasteiger charge is -2.11. The molecule has 9 heteroatoms. The number of furan rings is 1. The van der Waals surface area contributed by atoms with Gasteiger partial charge in [0.15, 0.2) is 5.16 Å². The van der Waals surface area contributed by atoms with Crippen LogP contribution in [0.25, 0.3) is 10.2 Å². The second-order valence-electron chi connectivity index (χ2n) is 6.65. The number of carbonyl (C=O) groups excluding carboxylic acids is 1. The Morgan fingerprint density at radius 1 is 1.27 bits per heavy atom. The van der Waals surface area contributed by atoms with E-state index in [0.29, 0.717) is 21.1 Å². The number of aromatic nitrogens is 2. The second kappa shape index (κ2) is 8.45. The summed E-state index contributed by atoms with van der Waals surface area (Å²) >= 11 is 2.58. The van der Waals surface area contributed by atoms with Crippen molar-refractivity contribution in [2.75, 3.05) is 11.1 Å². The molecule has 1 aromatic carbocycles. The third-order valence-corrected chi connectivity index (χ3v) is 6.71. The Bertz CT molecular complexity index is 1280. The number of thiophene rings is 1. The molecule has 0 aliphatic carbocycles. The van der Waals surface area contributed by atoms with Crippen molar-refractivity contribution in [1.82, 2.24) is 9.55 Å². The number of nitrogens with one attached hydrogen (secondary N) is 1. The average Bonchev–Trinajstić information content (AvgIpc) is 3.33. The Balaban J connectivity index is 1.64. The van der Waals surface area contributed by atoms with E-state index >= 15 is 0 Å².